The van der Waals surface area contributed by atoms with Crippen molar-refractivity contribution < 1.29 is 23.8 Å². The van der Waals surface area contributed by atoms with Crippen LogP contribution in [0, 0.1) is 5.92 Å². The number of nitrogens with one attached hydrogen (secondary N) is 1. The van der Waals surface area contributed by atoms with Crippen LogP contribution >= 0.6 is 0 Å². The van der Waals surface area contributed by atoms with Crippen LogP contribution in [0.15, 0.2) is 47.3 Å². The molecule has 0 aliphatic carbocycles. The number of hydrogen-bond donors (Lipinski definition) is 2. The molecule has 1 aliphatic rings. The molecule has 0 saturated carbocycles. The smallest absolute Gasteiger partial charge is 0.227 e. The van der Waals surface area contributed by atoms with Crippen LogP contribution in [0.4, 0.5) is 5.69 Å². The number of hydrogen-bond acceptors (Lipinski definition) is 5. The fourth-order valence-electron chi connectivity index (χ4n) is 2.84. The lowest BCUT2D eigenvalue weighted by Gasteiger charge is -2.18. The van der Waals surface area contributed by atoms with Crippen LogP contribution in [0.3, 0.4) is 0 Å². The molecular formula is C18H20N2O5. The molecule has 2 amide bonds. The molecule has 0 bridgehead atoms. The summed E-state index contributed by atoms with van der Waals surface area (Å²) in [4.78, 5) is 26.2. The number of carbonyl (C=O) groups is 2. The summed E-state index contributed by atoms with van der Waals surface area (Å²) in [6.07, 6.45) is 2.20. The van der Waals surface area contributed by atoms with Crippen LogP contribution in [-0.2, 0) is 9.59 Å². The molecule has 25 heavy (non-hydrogen) atoms. The molecule has 1 saturated heterocycles. The minimum atomic E-state index is -0.839. The standard InChI is InChI=1S/C18H20N2O5/c1-24-15-4-2-3-14(8-15)20-10-13(7-17(20)22)18(23)19-9-16(21)12-5-6-25-11-12/h2-6,8,11,13,16,21H,7,9-10H2,1H3,(H,19,23)/t13-,16+/m1/s1. The Morgan fingerprint density at radius 1 is 1.48 bits per heavy atom. The van der Waals surface area contributed by atoms with Gasteiger partial charge in [0, 0.05) is 36.8 Å². The Morgan fingerprint density at radius 2 is 2.32 bits per heavy atom. The van der Waals surface area contributed by atoms with E-state index in [1.54, 1.807) is 36.3 Å². The Labute approximate surface area is 145 Å². The zero-order valence-corrected chi connectivity index (χ0v) is 13.8. The van der Waals surface area contributed by atoms with Gasteiger partial charge in [-0.1, -0.05) is 6.07 Å². The highest BCUT2D eigenvalue weighted by molar-refractivity contribution is 6.00. The van der Waals surface area contributed by atoms with Gasteiger partial charge in [0.05, 0.1) is 31.7 Å². The van der Waals surface area contributed by atoms with Gasteiger partial charge in [-0.05, 0) is 18.2 Å². The Morgan fingerprint density at radius 3 is 3.04 bits per heavy atom. The van der Waals surface area contributed by atoms with E-state index in [1.807, 2.05) is 6.07 Å². The molecule has 2 atom stereocenters. The lowest BCUT2D eigenvalue weighted by Crippen LogP contribution is -2.35. The molecule has 1 aromatic carbocycles. The minimum Gasteiger partial charge on any atom is -0.497 e. The predicted molar refractivity (Wildman–Crippen MR) is 90.1 cm³/mol. The zero-order chi connectivity index (χ0) is 17.8. The maximum Gasteiger partial charge on any atom is 0.227 e. The van der Waals surface area contributed by atoms with Crippen LogP contribution in [0.25, 0.3) is 0 Å². The van der Waals surface area contributed by atoms with Gasteiger partial charge in [0.25, 0.3) is 0 Å². The van der Waals surface area contributed by atoms with Gasteiger partial charge in [0.15, 0.2) is 0 Å². The summed E-state index contributed by atoms with van der Waals surface area (Å²) in [6.45, 7) is 0.377. The summed E-state index contributed by atoms with van der Waals surface area (Å²) in [7, 11) is 1.56. The predicted octanol–water partition coefficient (Wildman–Crippen LogP) is 1.49. The third kappa shape index (κ3) is 3.83. The number of methoxy groups -OCH3 is 1. The number of rotatable bonds is 6. The fraction of sp³-hybridized carbons (Fsp3) is 0.333. The van der Waals surface area contributed by atoms with Gasteiger partial charge in [0.1, 0.15) is 5.75 Å². The van der Waals surface area contributed by atoms with Crippen LogP contribution in [0.5, 0.6) is 5.75 Å². The lowest BCUT2D eigenvalue weighted by molar-refractivity contribution is -0.126. The van der Waals surface area contributed by atoms with Gasteiger partial charge in [0.2, 0.25) is 11.8 Å². The maximum atomic E-state index is 12.3. The number of furan rings is 1. The number of ether oxygens (including phenoxy) is 1. The summed E-state index contributed by atoms with van der Waals surface area (Å²) < 4.78 is 10.1. The van der Waals surface area contributed by atoms with E-state index < -0.39 is 12.0 Å². The molecule has 1 fully saturated rings. The van der Waals surface area contributed by atoms with E-state index in [1.165, 1.54) is 12.5 Å². The highest BCUT2D eigenvalue weighted by Gasteiger charge is 2.35. The van der Waals surface area contributed by atoms with Crippen LogP contribution in [0.1, 0.15) is 18.1 Å². The highest BCUT2D eigenvalue weighted by Crippen LogP contribution is 2.28. The van der Waals surface area contributed by atoms with Crippen LogP contribution in [-0.4, -0.2) is 37.1 Å². The Kier molecular flexibility index (Phi) is 5.04. The number of benzene rings is 1. The topological polar surface area (TPSA) is 92.0 Å². The first-order chi connectivity index (χ1) is 12.1. The third-order valence-electron chi connectivity index (χ3n) is 4.26. The summed E-state index contributed by atoms with van der Waals surface area (Å²) >= 11 is 0. The molecular weight excluding hydrogens is 324 g/mol. The Bertz CT molecular complexity index is 744. The minimum absolute atomic E-state index is 0.0716. The first-order valence-electron chi connectivity index (χ1n) is 8.00. The van der Waals surface area contributed by atoms with Crippen LogP contribution < -0.4 is 15.0 Å². The van der Waals surface area contributed by atoms with Gasteiger partial charge < -0.3 is 24.5 Å². The number of amides is 2. The highest BCUT2D eigenvalue weighted by atomic mass is 16.5. The van der Waals surface area contributed by atoms with E-state index in [2.05, 4.69) is 5.32 Å². The number of aliphatic hydroxyl groups excluding tert-OH is 1. The van der Waals surface area contributed by atoms with Crippen molar-refractivity contribution in [1.82, 2.24) is 5.32 Å². The summed E-state index contributed by atoms with van der Waals surface area (Å²) in [6, 6.07) is 8.81. The van der Waals surface area contributed by atoms with E-state index in [4.69, 9.17) is 9.15 Å². The van der Waals surface area contributed by atoms with Gasteiger partial charge >= 0.3 is 0 Å². The van der Waals surface area contributed by atoms with E-state index in [0.717, 1.165) is 0 Å². The van der Waals surface area contributed by atoms with Crippen LogP contribution in [0.2, 0.25) is 0 Å². The van der Waals surface area contributed by atoms with Crippen molar-refractivity contribution in [3.8, 4) is 5.75 Å². The van der Waals surface area contributed by atoms with Gasteiger partial charge in [-0.15, -0.1) is 0 Å². The zero-order valence-electron chi connectivity index (χ0n) is 13.8. The molecule has 132 valence electrons. The van der Waals surface area contributed by atoms with E-state index in [0.29, 0.717) is 23.5 Å². The van der Waals surface area contributed by atoms with E-state index >= 15 is 0 Å². The molecule has 0 unspecified atom stereocenters. The first kappa shape index (κ1) is 17.0. The lowest BCUT2D eigenvalue weighted by atomic mass is 10.1. The van der Waals surface area contributed by atoms with Crippen molar-refractivity contribution in [3.05, 3.63) is 48.4 Å². The second-order valence-corrected chi connectivity index (χ2v) is 5.92. The summed E-state index contributed by atoms with van der Waals surface area (Å²) in [5.74, 6) is -0.151. The van der Waals surface area contributed by atoms with Gasteiger partial charge in [-0.25, -0.2) is 0 Å². The molecule has 2 N–H and O–H groups in total. The molecule has 1 aromatic heterocycles. The van der Waals surface area contributed by atoms with Crippen molar-refractivity contribution in [1.29, 1.82) is 0 Å². The number of nitrogens with zero attached hydrogens (tertiary/aromatic N) is 1. The molecule has 7 nitrogen and oxygen atoms in total. The number of aliphatic hydroxyl groups is 1. The largest absolute Gasteiger partial charge is 0.497 e. The molecule has 2 aromatic rings. The van der Waals surface area contributed by atoms with Gasteiger partial charge in [-0.2, -0.15) is 0 Å². The molecule has 0 spiro atoms. The third-order valence-corrected chi connectivity index (χ3v) is 4.26. The van der Waals surface area contributed by atoms with Crippen molar-refractivity contribution in [3.63, 3.8) is 0 Å². The average molecular weight is 344 g/mol. The quantitative estimate of drug-likeness (QED) is 0.828. The average Bonchev–Trinajstić information content (AvgIpc) is 3.29. The molecule has 2 heterocycles. The molecule has 0 radical (unpaired) electrons. The summed E-state index contributed by atoms with van der Waals surface area (Å²) in [5.41, 5.74) is 1.30. The Hall–Kier alpha value is -2.80. The van der Waals surface area contributed by atoms with Gasteiger partial charge in [-0.3, -0.25) is 9.59 Å². The molecule has 7 heteroatoms. The first-order valence-corrected chi connectivity index (χ1v) is 8.00. The van der Waals surface area contributed by atoms with E-state index in [-0.39, 0.29) is 24.8 Å². The SMILES string of the molecule is COc1cccc(N2C[C@H](C(=O)NC[C@H](O)c3ccoc3)CC2=O)c1. The second kappa shape index (κ2) is 7.40. The number of carbonyl (C=O) groups excluding carboxylic acids is 2. The van der Waals surface area contributed by atoms with Crippen molar-refractivity contribution in [2.75, 3.05) is 25.1 Å². The molecule has 3 rings (SSSR count). The molecule has 1 aliphatic heterocycles. The fourth-order valence-corrected chi connectivity index (χ4v) is 2.84. The normalized spacial score (nSPS) is 18.2. The van der Waals surface area contributed by atoms with Crippen molar-refractivity contribution >= 4 is 17.5 Å². The van der Waals surface area contributed by atoms with E-state index in [9.17, 15) is 14.7 Å². The number of anilines is 1. The van der Waals surface area contributed by atoms with Crippen molar-refractivity contribution in [2.24, 2.45) is 5.92 Å². The van der Waals surface area contributed by atoms with Crippen molar-refractivity contribution in [2.45, 2.75) is 12.5 Å². The monoisotopic (exact) mass is 344 g/mol. The summed E-state index contributed by atoms with van der Waals surface area (Å²) in [5, 5.41) is 12.7. The second-order valence-electron chi connectivity index (χ2n) is 5.92. The maximum absolute atomic E-state index is 12.3. The Balaban J connectivity index is 1.58.